The Kier molecular flexibility index (Phi) is 4.33. The van der Waals surface area contributed by atoms with Crippen molar-refractivity contribution in [3.63, 3.8) is 0 Å². The summed E-state index contributed by atoms with van der Waals surface area (Å²) in [6.45, 7) is 7.34. The van der Waals surface area contributed by atoms with E-state index in [1.54, 1.807) is 0 Å². The Morgan fingerprint density at radius 3 is 2.25 bits per heavy atom. The SMILES string of the molecule is CC(C)(C)c1ccc(NCC(O)CN)cc1. The fourth-order valence-corrected chi connectivity index (χ4v) is 1.41. The van der Waals surface area contributed by atoms with Crippen LogP contribution in [-0.2, 0) is 5.41 Å². The van der Waals surface area contributed by atoms with Gasteiger partial charge in [-0.15, -0.1) is 0 Å². The topological polar surface area (TPSA) is 58.3 Å². The molecule has 4 N–H and O–H groups in total. The fraction of sp³-hybridized carbons (Fsp3) is 0.538. The highest BCUT2D eigenvalue weighted by Gasteiger charge is 2.12. The van der Waals surface area contributed by atoms with E-state index < -0.39 is 6.10 Å². The summed E-state index contributed by atoms with van der Waals surface area (Å²) in [5, 5.41) is 12.5. The van der Waals surface area contributed by atoms with Crippen molar-refractivity contribution in [2.45, 2.75) is 32.3 Å². The maximum absolute atomic E-state index is 9.32. The van der Waals surface area contributed by atoms with E-state index in [-0.39, 0.29) is 12.0 Å². The number of aliphatic hydroxyl groups excluding tert-OH is 1. The molecule has 16 heavy (non-hydrogen) atoms. The average molecular weight is 222 g/mol. The largest absolute Gasteiger partial charge is 0.390 e. The highest BCUT2D eigenvalue weighted by atomic mass is 16.3. The van der Waals surface area contributed by atoms with Gasteiger partial charge in [0, 0.05) is 18.8 Å². The minimum Gasteiger partial charge on any atom is -0.390 e. The van der Waals surface area contributed by atoms with Crippen molar-refractivity contribution >= 4 is 5.69 Å². The van der Waals surface area contributed by atoms with Crippen LogP contribution in [0, 0.1) is 0 Å². The molecule has 0 aromatic heterocycles. The zero-order valence-electron chi connectivity index (χ0n) is 10.3. The van der Waals surface area contributed by atoms with Gasteiger partial charge in [-0.05, 0) is 23.1 Å². The van der Waals surface area contributed by atoms with Crippen LogP contribution in [0.25, 0.3) is 0 Å². The summed E-state index contributed by atoms with van der Waals surface area (Å²) in [5.41, 5.74) is 7.82. The zero-order valence-corrected chi connectivity index (χ0v) is 10.3. The molecule has 0 bridgehead atoms. The molecule has 1 aromatic carbocycles. The third-order valence-electron chi connectivity index (χ3n) is 2.56. The van der Waals surface area contributed by atoms with Crippen molar-refractivity contribution in [2.24, 2.45) is 5.73 Å². The molecule has 3 nitrogen and oxygen atoms in total. The predicted molar refractivity (Wildman–Crippen MR) is 68.7 cm³/mol. The van der Waals surface area contributed by atoms with E-state index in [1.165, 1.54) is 5.56 Å². The minimum atomic E-state index is -0.484. The Bertz CT molecular complexity index is 314. The molecule has 0 aliphatic carbocycles. The van der Waals surface area contributed by atoms with E-state index in [2.05, 4.69) is 38.2 Å². The molecule has 90 valence electrons. The lowest BCUT2D eigenvalue weighted by atomic mass is 9.87. The quantitative estimate of drug-likeness (QED) is 0.727. The first kappa shape index (κ1) is 13.0. The molecule has 1 rings (SSSR count). The highest BCUT2D eigenvalue weighted by molar-refractivity contribution is 5.45. The number of nitrogens with one attached hydrogen (secondary N) is 1. The first-order valence-electron chi connectivity index (χ1n) is 5.66. The van der Waals surface area contributed by atoms with Gasteiger partial charge in [0.2, 0.25) is 0 Å². The molecule has 0 amide bonds. The summed E-state index contributed by atoms with van der Waals surface area (Å²) in [5.74, 6) is 0. The van der Waals surface area contributed by atoms with Crippen LogP contribution in [0.2, 0.25) is 0 Å². The molecule has 0 aliphatic rings. The monoisotopic (exact) mass is 222 g/mol. The van der Waals surface area contributed by atoms with Crippen LogP contribution in [0.3, 0.4) is 0 Å². The Morgan fingerprint density at radius 2 is 1.81 bits per heavy atom. The molecule has 3 heteroatoms. The van der Waals surface area contributed by atoms with Gasteiger partial charge < -0.3 is 16.2 Å². The Morgan fingerprint density at radius 1 is 1.25 bits per heavy atom. The third-order valence-corrected chi connectivity index (χ3v) is 2.56. The lowest BCUT2D eigenvalue weighted by Gasteiger charge is -2.19. The molecule has 1 aromatic rings. The third kappa shape index (κ3) is 3.83. The molecule has 0 saturated carbocycles. The zero-order chi connectivity index (χ0) is 12.2. The van der Waals surface area contributed by atoms with Gasteiger partial charge in [0.25, 0.3) is 0 Å². The highest BCUT2D eigenvalue weighted by Crippen LogP contribution is 2.23. The molecule has 1 atom stereocenters. The van der Waals surface area contributed by atoms with E-state index in [4.69, 9.17) is 5.73 Å². The summed E-state index contributed by atoms with van der Waals surface area (Å²) < 4.78 is 0. The summed E-state index contributed by atoms with van der Waals surface area (Å²) in [4.78, 5) is 0. The van der Waals surface area contributed by atoms with Gasteiger partial charge in [-0.2, -0.15) is 0 Å². The molecule has 0 fully saturated rings. The van der Waals surface area contributed by atoms with Gasteiger partial charge in [-0.1, -0.05) is 32.9 Å². The molecule has 0 spiro atoms. The van der Waals surface area contributed by atoms with Crippen molar-refractivity contribution in [1.29, 1.82) is 0 Å². The Hall–Kier alpha value is -1.06. The van der Waals surface area contributed by atoms with Gasteiger partial charge in [0.15, 0.2) is 0 Å². The minimum absolute atomic E-state index is 0.176. The number of benzene rings is 1. The summed E-state index contributed by atoms with van der Waals surface area (Å²) in [7, 11) is 0. The maximum Gasteiger partial charge on any atom is 0.0834 e. The van der Waals surface area contributed by atoms with Crippen molar-refractivity contribution < 1.29 is 5.11 Å². The van der Waals surface area contributed by atoms with E-state index in [1.807, 2.05) is 12.1 Å². The van der Waals surface area contributed by atoms with Crippen LogP contribution in [0.1, 0.15) is 26.3 Å². The van der Waals surface area contributed by atoms with Crippen LogP contribution >= 0.6 is 0 Å². The van der Waals surface area contributed by atoms with E-state index in [0.717, 1.165) is 5.69 Å². The van der Waals surface area contributed by atoms with Gasteiger partial charge in [-0.25, -0.2) is 0 Å². The molecular weight excluding hydrogens is 200 g/mol. The Balaban J connectivity index is 2.58. The fourth-order valence-electron chi connectivity index (χ4n) is 1.41. The molecule has 0 saturated heterocycles. The normalized spacial score (nSPS) is 13.6. The molecule has 1 unspecified atom stereocenters. The molecule has 0 aliphatic heterocycles. The molecular formula is C13H22N2O. The predicted octanol–water partition coefficient (Wildman–Crippen LogP) is 1.72. The van der Waals surface area contributed by atoms with E-state index in [9.17, 15) is 5.11 Å². The molecule has 0 radical (unpaired) electrons. The van der Waals surface area contributed by atoms with E-state index >= 15 is 0 Å². The lowest BCUT2D eigenvalue weighted by Crippen LogP contribution is -2.27. The number of anilines is 1. The Labute approximate surface area is 97.7 Å². The number of aliphatic hydroxyl groups is 1. The summed E-state index contributed by atoms with van der Waals surface area (Å²) in [6.07, 6.45) is -0.484. The standard InChI is InChI=1S/C13H22N2O/c1-13(2,3)10-4-6-11(7-5-10)15-9-12(16)8-14/h4-7,12,15-16H,8-9,14H2,1-3H3. The second-order valence-electron chi connectivity index (χ2n) is 5.10. The number of rotatable bonds is 4. The van der Waals surface area contributed by atoms with Crippen LogP contribution in [0.5, 0.6) is 0 Å². The smallest absolute Gasteiger partial charge is 0.0834 e. The van der Waals surface area contributed by atoms with Crippen LogP contribution in [0.15, 0.2) is 24.3 Å². The first-order chi connectivity index (χ1) is 7.43. The molecule has 0 heterocycles. The maximum atomic E-state index is 9.32. The van der Waals surface area contributed by atoms with Gasteiger partial charge in [0.1, 0.15) is 0 Å². The second kappa shape index (κ2) is 5.32. The first-order valence-corrected chi connectivity index (χ1v) is 5.66. The van der Waals surface area contributed by atoms with Crippen molar-refractivity contribution in [1.82, 2.24) is 0 Å². The number of hydrogen-bond donors (Lipinski definition) is 3. The summed E-state index contributed by atoms with van der Waals surface area (Å²) in [6, 6.07) is 8.28. The second-order valence-corrected chi connectivity index (χ2v) is 5.10. The average Bonchev–Trinajstić information content (AvgIpc) is 2.25. The van der Waals surface area contributed by atoms with Crippen LogP contribution in [-0.4, -0.2) is 24.3 Å². The van der Waals surface area contributed by atoms with Crippen LogP contribution < -0.4 is 11.1 Å². The number of hydrogen-bond acceptors (Lipinski definition) is 3. The van der Waals surface area contributed by atoms with Crippen molar-refractivity contribution in [2.75, 3.05) is 18.4 Å². The van der Waals surface area contributed by atoms with Crippen molar-refractivity contribution in [3.8, 4) is 0 Å². The summed E-state index contributed by atoms with van der Waals surface area (Å²) >= 11 is 0. The number of nitrogens with two attached hydrogens (primary N) is 1. The van der Waals surface area contributed by atoms with E-state index in [0.29, 0.717) is 6.54 Å². The lowest BCUT2D eigenvalue weighted by molar-refractivity contribution is 0.196. The van der Waals surface area contributed by atoms with Crippen LogP contribution in [0.4, 0.5) is 5.69 Å². The van der Waals surface area contributed by atoms with Gasteiger partial charge in [-0.3, -0.25) is 0 Å². The van der Waals surface area contributed by atoms with Gasteiger partial charge >= 0.3 is 0 Å². The van der Waals surface area contributed by atoms with Crippen molar-refractivity contribution in [3.05, 3.63) is 29.8 Å². The van der Waals surface area contributed by atoms with Gasteiger partial charge in [0.05, 0.1) is 6.10 Å².